The van der Waals surface area contributed by atoms with Gasteiger partial charge < -0.3 is 19.7 Å². The molecule has 6 nitrogen and oxygen atoms in total. The molecule has 0 heterocycles. The second kappa shape index (κ2) is 10.3. The monoisotopic (exact) mass is 388 g/mol. The van der Waals surface area contributed by atoms with Crippen LogP contribution in [-0.2, 0) is 11.2 Å². The van der Waals surface area contributed by atoms with Crippen LogP contribution in [0, 0.1) is 5.82 Å². The number of amides is 2. The lowest BCUT2D eigenvalue weighted by Crippen LogP contribution is -2.38. The van der Waals surface area contributed by atoms with Gasteiger partial charge in [0.1, 0.15) is 5.82 Å². The highest BCUT2D eigenvalue weighted by Gasteiger charge is 2.12. The van der Waals surface area contributed by atoms with Crippen LogP contribution in [0.25, 0.3) is 0 Å². The molecule has 0 aromatic heterocycles. The topological polar surface area (TPSA) is 67.9 Å². The largest absolute Gasteiger partial charge is 0.493 e. The van der Waals surface area contributed by atoms with Crippen molar-refractivity contribution in [2.75, 3.05) is 33.9 Å². The summed E-state index contributed by atoms with van der Waals surface area (Å²) in [6, 6.07) is 11.1. The molecule has 0 atom stereocenters. The average molecular weight is 388 g/mol. The van der Waals surface area contributed by atoms with E-state index in [2.05, 4.69) is 5.32 Å². The maximum atomic E-state index is 13.2. The summed E-state index contributed by atoms with van der Waals surface area (Å²) < 4.78 is 23.7. The van der Waals surface area contributed by atoms with Crippen LogP contribution in [0.5, 0.6) is 11.5 Å². The van der Waals surface area contributed by atoms with Crippen LogP contribution < -0.4 is 14.8 Å². The SMILES string of the molecule is COc1ccc(CCN(CCNC(=O)c2cccc(F)c2)C(C)=O)cc1OC. The molecule has 0 aliphatic rings. The van der Waals surface area contributed by atoms with Crippen LogP contribution in [0.2, 0.25) is 0 Å². The van der Waals surface area contributed by atoms with E-state index in [1.807, 2.05) is 18.2 Å². The first-order valence-electron chi connectivity index (χ1n) is 8.94. The molecule has 0 unspecified atom stereocenters. The highest BCUT2D eigenvalue weighted by atomic mass is 19.1. The van der Waals surface area contributed by atoms with E-state index in [1.54, 1.807) is 19.1 Å². The Kier molecular flexibility index (Phi) is 7.80. The Bertz CT molecular complexity index is 826. The van der Waals surface area contributed by atoms with Crippen molar-refractivity contribution in [3.05, 3.63) is 59.4 Å². The van der Waals surface area contributed by atoms with E-state index in [0.29, 0.717) is 31.0 Å². The number of methoxy groups -OCH3 is 2. The van der Waals surface area contributed by atoms with E-state index in [1.165, 1.54) is 31.2 Å². The number of ether oxygens (including phenoxy) is 2. The predicted molar refractivity (Wildman–Crippen MR) is 104 cm³/mol. The number of nitrogens with zero attached hydrogens (tertiary/aromatic N) is 1. The normalized spacial score (nSPS) is 10.3. The van der Waals surface area contributed by atoms with Gasteiger partial charge in [-0.25, -0.2) is 4.39 Å². The fourth-order valence-corrected chi connectivity index (χ4v) is 2.76. The molecule has 2 amide bonds. The summed E-state index contributed by atoms with van der Waals surface area (Å²) in [4.78, 5) is 25.6. The van der Waals surface area contributed by atoms with Crippen molar-refractivity contribution in [3.63, 3.8) is 0 Å². The van der Waals surface area contributed by atoms with Gasteiger partial charge in [0.2, 0.25) is 5.91 Å². The van der Waals surface area contributed by atoms with Gasteiger partial charge in [-0.3, -0.25) is 9.59 Å². The van der Waals surface area contributed by atoms with E-state index in [4.69, 9.17) is 9.47 Å². The van der Waals surface area contributed by atoms with Crippen molar-refractivity contribution >= 4 is 11.8 Å². The van der Waals surface area contributed by atoms with Crippen molar-refractivity contribution in [2.45, 2.75) is 13.3 Å². The molecule has 0 aliphatic heterocycles. The number of rotatable bonds is 9. The Balaban J connectivity index is 1.88. The molecule has 0 aliphatic carbocycles. The lowest BCUT2D eigenvalue weighted by molar-refractivity contribution is -0.128. The average Bonchev–Trinajstić information content (AvgIpc) is 2.69. The third-order valence-corrected chi connectivity index (χ3v) is 4.32. The standard InChI is InChI=1S/C21H25FN2O4/c1-15(25)24(11-9-16-7-8-19(27-2)20(13-16)28-3)12-10-23-21(26)17-5-4-6-18(22)14-17/h4-8,13-14H,9-12H2,1-3H3,(H,23,26). The highest BCUT2D eigenvalue weighted by molar-refractivity contribution is 5.94. The van der Waals surface area contributed by atoms with E-state index in [9.17, 15) is 14.0 Å². The Labute approximate surface area is 164 Å². The van der Waals surface area contributed by atoms with Gasteiger partial charge in [0, 0.05) is 32.1 Å². The summed E-state index contributed by atoms with van der Waals surface area (Å²) in [5.74, 6) is 0.364. The lowest BCUT2D eigenvalue weighted by Gasteiger charge is -2.21. The van der Waals surface area contributed by atoms with Crippen molar-refractivity contribution in [3.8, 4) is 11.5 Å². The van der Waals surface area contributed by atoms with Crippen LogP contribution in [0.4, 0.5) is 4.39 Å². The number of hydrogen-bond donors (Lipinski definition) is 1. The minimum Gasteiger partial charge on any atom is -0.493 e. The molecule has 28 heavy (non-hydrogen) atoms. The van der Waals surface area contributed by atoms with Gasteiger partial charge in [0.15, 0.2) is 11.5 Å². The summed E-state index contributed by atoms with van der Waals surface area (Å²) in [7, 11) is 3.15. The van der Waals surface area contributed by atoms with Crippen LogP contribution in [0.3, 0.4) is 0 Å². The first-order chi connectivity index (χ1) is 13.4. The smallest absolute Gasteiger partial charge is 0.251 e. The van der Waals surface area contributed by atoms with Crippen LogP contribution >= 0.6 is 0 Å². The maximum absolute atomic E-state index is 13.2. The molecule has 2 aromatic rings. The number of halogens is 1. The maximum Gasteiger partial charge on any atom is 0.251 e. The quantitative estimate of drug-likeness (QED) is 0.717. The highest BCUT2D eigenvalue weighted by Crippen LogP contribution is 2.27. The molecule has 0 saturated heterocycles. The van der Waals surface area contributed by atoms with Crippen molar-refractivity contribution in [1.29, 1.82) is 0 Å². The van der Waals surface area contributed by atoms with E-state index < -0.39 is 5.82 Å². The first-order valence-corrected chi connectivity index (χ1v) is 8.94. The van der Waals surface area contributed by atoms with E-state index in [0.717, 1.165) is 5.56 Å². The van der Waals surface area contributed by atoms with Crippen molar-refractivity contribution in [1.82, 2.24) is 10.2 Å². The van der Waals surface area contributed by atoms with Gasteiger partial charge in [0.25, 0.3) is 5.91 Å². The summed E-state index contributed by atoms with van der Waals surface area (Å²) in [5, 5.41) is 2.71. The van der Waals surface area contributed by atoms with Gasteiger partial charge in [-0.1, -0.05) is 12.1 Å². The molecule has 1 N–H and O–H groups in total. The summed E-state index contributed by atoms with van der Waals surface area (Å²) in [6.45, 7) is 2.63. The number of carbonyl (C=O) groups is 2. The summed E-state index contributed by atoms with van der Waals surface area (Å²) >= 11 is 0. The van der Waals surface area contributed by atoms with E-state index in [-0.39, 0.29) is 23.9 Å². The Morgan fingerprint density at radius 2 is 1.79 bits per heavy atom. The number of carbonyl (C=O) groups excluding carboxylic acids is 2. The Hall–Kier alpha value is -3.09. The molecule has 2 rings (SSSR count). The van der Waals surface area contributed by atoms with Crippen molar-refractivity contribution in [2.24, 2.45) is 0 Å². The molecule has 0 radical (unpaired) electrons. The second-order valence-corrected chi connectivity index (χ2v) is 6.21. The van der Waals surface area contributed by atoms with Crippen LogP contribution in [0.1, 0.15) is 22.8 Å². The number of nitrogens with one attached hydrogen (secondary N) is 1. The third kappa shape index (κ3) is 5.97. The molecule has 0 bridgehead atoms. The van der Waals surface area contributed by atoms with E-state index >= 15 is 0 Å². The van der Waals surface area contributed by atoms with Crippen LogP contribution in [0.15, 0.2) is 42.5 Å². The summed E-state index contributed by atoms with van der Waals surface area (Å²) in [6.07, 6.45) is 0.637. The van der Waals surface area contributed by atoms with Gasteiger partial charge in [-0.05, 0) is 42.3 Å². The van der Waals surface area contributed by atoms with Gasteiger partial charge in [-0.15, -0.1) is 0 Å². The molecular weight excluding hydrogens is 363 g/mol. The zero-order chi connectivity index (χ0) is 20.5. The first kappa shape index (κ1) is 21.2. The predicted octanol–water partition coefficient (Wildman–Crippen LogP) is 2.66. The molecule has 150 valence electrons. The molecule has 0 saturated carbocycles. The fourth-order valence-electron chi connectivity index (χ4n) is 2.76. The second-order valence-electron chi connectivity index (χ2n) is 6.21. The number of hydrogen-bond acceptors (Lipinski definition) is 4. The minimum atomic E-state index is -0.465. The van der Waals surface area contributed by atoms with Gasteiger partial charge in [0.05, 0.1) is 14.2 Å². The zero-order valence-electron chi connectivity index (χ0n) is 16.3. The zero-order valence-corrected chi connectivity index (χ0v) is 16.3. The molecular formula is C21H25FN2O4. The molecule has 0 spiro atoms. The third-order valence-electron chi connectivity index (χ3n) is 4.32. The van der Waals surface area contributed by atoms with Crippen molar-refractivity contribution < 1.29 is 23.5 Å². The lowest BCUT2D eigenvalue weighted by atomic mass is 10.1. The molecule has 7 heteroatoms. The van der Waals surface area contributed by atoms with Gasteiger partial charge >= 0.3 is 0 Å². The van der Waals surface area contributed by atoms with Crippen LogP contribution in [-0.4, -0.2) is 50.6 Å². The molecule has 0 fully saturated rings. The van der Waals surface area contributed by atoms with Gasteiger partial charge in [-0.2, -0.15) is 0 Å². The molecule has 2 aromatic carbocycles. The Morgan fingerprint density at radius 3 is 2.43 bits per heavy atom. The number of benzene rings is 2. The Morgan fingerprint density at radius 1 is 1.04 bits per heavy atom. The fraction of sp³-hybridized carbons (Fsp3) is 0.333. The minimum absolute atomic E-state index is 0.0829. The summed E-state index contributed by atoms with van der Waals surface area (Å²) in [5.41, 5.74) is 1.26.